The van der Waals surface area contributed by atoms with E-state index in [-0.39, 0.29) is 0 Å². The second-order valence-corrected chi connectivity index (χ2v) is 5.80. The predicted octanol–water partition coefficient (Wildman–Crippen LogP) is 3.55. The van der Waals surface area contributed by atoms with Gasteiger partial charge in [-0.25, -0.2) is 4.98 Å². The molecule has 0 aliphatic heterocycles. The average molecular weight is 311 g/mol. The lowest BCUT2D eigenvalue weighted by Crippen LogP contribution is -2.16. The van der Waals surface area contributed by atoms with Crippen molar-refractivity contribution in [3.05, 3.63) is 50.4 Å². The Kier molecular flexibility index (Phi) is 4.71. The Labute approximate surface area is 114 Å². The van der Waals surface area contributed by atoms with Gasteiger partial charge in [0.25, 0.3) is 0 Å². The minimum atomic E-state index is 0.907. The molecule has 0 saturated carbocycles. The topological polar surface area (TPSA) is 24.9 Å². The quantitative estimate of drug-likeness (QED) is 0.854. The second-order valence-electron chi connectivity index (χ2n) is 3.94. The summed E-state index contributed by atoms with van der Waals surface area (Å²) in [6, 6.07) is 8.37. The second kappa shape index (κ2) is 6.28. The number of nitrogens with zero attached hydrogens (tertiary/aromatic N) is 1. The molecule has 0 unspecified atom stereocenters. The average Bonchev–Trinajstić information content (AvgIpc) is 2.71. The molecular formula is C13H15BrN2S. The molecule has 0 fully saturated rings. The number of halogens is 1. The molecule has 1 N–H and O–H groups in total. The Balaban J connectivity index is 1.73. The van der Waals surface area contributed by atoms with E-state index in [1.54, 1.807) is 11.3 Å². The zero-order valence-corrected chi connectivity index (χ0v) is 12.1. The van der Waals surface area contributed by atoms with Gasteiger partial charge in [0.05, 0.1) is 5.01 Å². The van der Waals surface area contributed by atoms with Crippen LogP contribution in [0.4, 0.5) is 0 Å². The van der Waals surface area contributed by atoms with Crippen LogP contribution in [0.2, 0.25) is 0 Å². The fraction of sp³-hybridized carbons (Fsp3) is 0.308. The molecule has 0 amide bonds. The lowest BCUT2D eigenvalue weighted by molar-refractivity contribution is 0.684. The SMILES string of the molecule is Cc1csc(CCNCc2cccc(Br)c2)n1. The smallest absolute Gasteiger partial charge is 0.0940 e. The molecule has 4 heteroatoms. The van der Waals surface area contributed by atoms with Crippen molar-refractivity contribution in [3.8, 4) is 0 Å². The number of aromatic nitrogens is 1. The van der Waals surface area contributed by atoms with Crippen molar-refractivity contribution in [1.82, 2.24) is 10.3 Å². The summed E-state index contributed by atoms with van der Waals surface area (Å²) < 4.78 is 1.13. The Morgan fingerprint density at radius 3 is 3.00 bits per heavy atom. The number of hydrogen-bond acceptors (Lipinski definition) is 3. The minimum absolute atomic E-state index is 0.907. The largest absolute Gasteiger partial charge is 0.312 e. The van der Waals surface area contributed by atoms with E-state index in [0.717, 1.165) is 29.7 Å². The zero-order valence-electron chi connectivity index (χ0n) is 9.74. The highest BCUT2D eigenvalue weighted by Crippen LogP contribution is 2.11. The predicted molar refractivity (Wildman–Crippen MR) is 76.4 cm³/mol. The van der Waals surface area contributed by atoms with Crippen LogP contribution in [0.5, 0.6) is 0 Å². The molecule has 0 radical (unpaired) electrons. The van der Waals surface area contributed by atoms with E-state index >= 15 is 0 Å². The van der Waals surface area contributed by atoms with Crippen LogP contribution in [-0.4, -0.2) is 11.5 Å². The fourth-order valence-electron chi connectivity index (χ4n) is 1.59. The summed E-state index contributed by atoms with van der Waals surface area (Å²) in [7, 11) is 0. The summed E-state index contributed by atoms with van der Waals surface area (Å²) in [5.74, 6) is 0. The first-order valence-corrected chi connectivity index (χ1v) is 7.27. The van der Waals surface area contributed by atoms with Gasteiger partial charge in [0, 0.05) is 35.1 Å². The lowest BCUT2D eigenvalue weighted by atomic mass is 10.2. The Morgan fingerprint density at radius 1 is 1.41 bits per heavy atom. The number of rotatable bonds is 5. The van der Waals surface area contributed by atoms with Crippen LogP contribution in [0.3, 0.4) is 0 Å². The third-order valence-electron chi connectivity index (χ3n) is 2.40. The molecule has 2 rings (SSSR count). The maximum atomic E-state index is 4.44. The molecule has 0 aliphatic carbocycles. The molecule has 1 heterocycles. The maximum absolute atomic E-state index is 4.44. The van der Waals surface area contributed by atoms with Gasteiger partial charge in [-0.3, -0.25) is 0 Å². The first-order valence-electron chi connectivity index (χ1n) is 5.60. The van der Waals surface area contributed by atoms with Crippen LogP contribution in [0, 0.1) is 6.92 Å². The molecule has 0 spiro atoms. The Morgan fingerprint density at radius 2 is 2.29 bits per heavy atom. The summed E-state index contributed by atoms with van der Waals surface area (Å²) in [4.78, 5) is 4.44. The molecule has 0 bridgehead atoms. The number of aryl methyl sites for hydroxylation is 1. The standard InChI is InChI=1S/C13H15BrN2S/c1-10-9-17-13(16-10)5-6-15-8-11-3-2-4-12(14)7-11/h2-4,7,9,15H,5-6,8H2,1H3. The monoisotopic (exact) mass is 310 g/mol. The van der Waals surface area contributed by atoms with Gasteiger partial charge in [-0.05, 0) is 24.6 Å². The fourth-order valence-corrected chi connectivity index (χ4v) is 2.82. The summed E-state index contributed by atoms with van der Waals surface area (Å²) in [5, 5.41) is 6.75. The summed E-state index contributed by atoms with van der Waals surface area (Å²) >= 11 is 5.21. The van der Waals surface area contributed by atoms with Crippen molar-refractivity contribution in [3.63, 3.8) is 0 Å². The lowest BCUT2D eigenvalue weighted by Gasteiger charge is -2.04. The molecular weight excluding hydrogens is 296 g/mol. The van der Waals surface area contributed by atoms with Crippen LogP contribution in [0.1, 0.15) is 16.3 Å². The van der Waals surface area contributed by atoms with Gasteiger partial charge in [0.2, 0.25) is 0 Å². The van der Waals surface area contributed by atoms with Crippen molar-refractivity contribution in [1.29, 1.82) is 0 Å². The maximum Gasteiger partial charge on any atom is 0.0940 e. The van der Waals surface area contributed by atoms with E-state index in [2.05, 4.69) is 49.8 Å². The number of thiazole rings is 1. The molecule has 1 aromatic carbocycles. The molecule has 0 atom stereocenters. The van der Waals surface area contributed by atoms with Crippen molar-refractivity contribution in [2.24, 2.45) is 0 Å². The Hall–Kier alpha value is -0.710. The van der Waals surface area contributed by atoms with Crippen LogP contribution in [0.15, 0.2) is 34.1 Å². The van der Waals surface area contributed by atoms with E-state index in [4.69, 9.17) is 0 Å². The molecule has 2 aromatic rings. The third kappa shape index (κ3) is 4.22. The molecule has 2 nitrogen and oxygen atoms in total. The highest BCUT2D eigenvalue weighted by molar-refractivity contribution is 9.10. The summed E-state index contributed by atoms with van der Waals surface area (Å²) in [5.41, 5.74) is 2.42. The molecule has 0 saturated heterocycles. The van der Waals surface area contributed by atoms with E-state index in [1.165, 1.54) is 10.6 Å². The highest BCUT2D eigenvalue weighted by Gasteiger charge is 1.98. The van der Waals surface area contributed by atoms with Crippen molar-refractivity contribution in [2.75, 3.05) is 6.54 Å². The van der Waals surface area contributed by atoms with Crippen LogP contribution < -0.4 is 5.32 Å². The van der Waals surface area contributed by atoms with Gasteiger partial charge in [0.15, 0.2) is 0 Å². The number of benzene rings is 1. The number of nitrogens with one attached hydrogen (secondary N) is 1. The summed E-state index contributed by atoms with van der Waals surface area (Å²) in [6.07, 6.45) is 1.01. The first-order chi connectivity index (χ1) is 8.24. The first kappa shape index (κ1) is 12.7. The van der Waals surface area contributed by atoms with Crippen molar-refractivity contribution in [2.45, 2.75) is 19.9 Å². The number of hydrogen-bond donors (Lipinski definition) is 1. The van der Waals surface area contributed by atoms with Gasteiger partial charge >= 0.3 is 0 Å². The third-order valence-corrected chi connectivity index (χ3v) is 3.92. The van der Waals surface area contributed by atoms with Crippen LogP contribution in [0.25, 0.3) is 0 Å². The van der Waals surface area contributed by atoms with Crippen LogP contribution >= 0.6 is 27.3 Å². The van der Waals surface area contributed by atoms with Gasteiger partial charge in [0.1, 0.15) is 0 Å². The summed E-state index contributed by atoms with van der Waals surface area (Å²) in [6.45, 7) is 3.91. The zero-order chi connectivity index (χ0) is 12.1. The van der Waals surface area contributed by atoms with Crippen LogP contribution in [-0.2, 0) is 13.0 Å². The minimum Gasteiger partial charge on any atom is -0.312 e. The van der Waals surface area contributed by atoms with Crippen molar-refractivity contribution >= 4 is 27.3 Å². The van der Waals surface area contributed by atoms with E-state index in [1.807, 2.05) is 13.0 Å². The highest BCUT2D eigenvalue weighted by atomic mass is 79.9. The van der Waals surface area contributed by atoms with E-state index < -0.39 is 0 Å². The molecule has 0 aliphatic rings. The van der Waals surface area contributed by atoms with Gasteiger partial charge < -0.3 is 5.32 Å². The molecule has 90 valence electrons. The normalized spacial score (nSPS) is 10.7. The van der Waals surface area contributed by atoms with Gasteiger partial charge in [-0.1, -0.05) is 28.1 Å². The van der Waals surface area contributed by atoms with E-state index in [0.29, 0.717) is 0 Å². The molecule has 1 aromatic heterocycles. The Bertz CT molecular complexity index is 482. The molecule has 17 heavy (non-hydrogen) atoms. The van der Waals surface area contributed by atoms with Gasteiger partial charge in [-0.2, -0.15) is 0 Å². The van der Waals surface area contributed by atoms with Crippen molar-refractivity contribution < 1.29 is 0 Å². The van der Waals surface area contributed by atoms with Gasteiger partial charge in [-0.15, -0.1) is 11.3 Å². The van der Waals surface area contributed by atoms with E-state index in [9.17, 15) is 0 Å².